The smallest absolute Gasteiger partial charge is 0.329 e. The van der Waals surface area contributed by atoms with E-state index in [0.29, 0.717) is 24.0 Å². The number of nitrogens with zero attached hydrogens (tertiary/aromatic N) is 2. The monoisotopic (exact) mass is 1060 g/mol. The Morgan fingerprint density at radius 3 is 2.00 bits per heavy atom. The van der Waals surface area contributed by atoms with E-state index < -0.39 is 145 Å². The molecule has 11 atom stereocenters. The van der Waals surface area contributed by atoms with Gasteiger partial charge in [0.05, 0.1) is 0 Å². The van der Waals surface area contributed by atoms with Crippen molar-refractivity contribution < 1.29 is 68.0 Å². The number of esters is 1. The first-order chi connectivity index (χ1) is 35.9. The number of aliphatic hydroxyl groups is 1. The van der Waals surface area contributed by atoms with Gasteiger partial charge in [0.1, 0.15) is 66.4 Å². The Morgan fingerprint density at radius 2 is 1.41 bits per heavy atom. The van der Waals surface area contributed by atoms with Crippen LogP contribution in [-0.2, 0) is 65.5 Å². The van der Waals surface area contributed by atoms with Gasteiger partial charge >= 0.3 is 11.9 Å². The number of fused-ring (bicyclic) bond motifs is 2. The summed E-state index contributed by atoms with van der Waals surface area (Å²) in [4.78, 5) is 142. The molecule has 0 saturated carbocycles. The maximum atomic E-state index is 14.8. The number of piperidine rings is 1. The van der Waals surface area contributed by atoms with Crippen LogP contribution in [-0.4, -0.2) is 152 Å². The van der Waals surface area contributed by atoms with Crippen LogP contribution in [0.15, 0.2) is 54.6 Å². The summed E-state index contributed by atoms with van der Waals surface area (Å²) < 4.78 is 5.93. The van der Waals surface area contributed by atoms with Crippen molar-refractivity contribution in [1.82, 2.24) is 41.7 Å². The van der Waals surface area contributed by atoms with Gasteiger partial charge in [-0.25, -0.2) is 9.59 Å². The van der Waals surface area contributed by atoms with Crippen molar-refractivity contribution in [2.45, 2.75) is 180 Å². The number of ether oxygens (including phenoxy) is 1. The fourth-order valence-electron chi connectivity index (χ4n) is 9.19. The lowest BCUT2D eigenvalue weighted by Gasteiger charge is -2.44. The number of nitrogens with one attached hydrogen (secondary N) is 6. The molecule has 4 rings (SSSR count). The molecule has 0 aliphatic carbocycles. The van der Waals surface area contributed by atoms with Crippen molar-refractivity contribution in [3.63, 3.8) is 0 Å². The summed E-state index contributed by atoms with van der Waals surface area (Å²) in [7, 11) is 1.38. The Balaban J connectivity index is 1.80. The van der Waals surface area contributed by atoms with Crippen molar-refractivity contribution in [1.29, 1.82) is 0 Å². The molecule has 22 heteroatoms. The first-order valence-corrected chi connectivity index (χ1v) is 26.2. The maximum absolute atomic E-state index is 14.8. The topological polar surface area (TPSA) is 319 Å². The number of cyclic esters (lactones) is 1. The number of carbonyl (C=O) groups is 10. The third kappa shape index (κ3) is 17.2. The second-order valence-electron chi connectivity index (χ2n) is 20.6. The largest absolute Gasteiger partial charge is 0.508 e. The van der Waals surface area contributed by atoms with Crippen LogP contribution in [0.25, 0.3) is 0 Å². The van der Waals surface area contributed by atoms with Crippen LogP contribution < -0.4 is 31.9 Å². The lowest BCUT2D eigenvalue weighted by Crippen LogP contribution is -2.66. The molecule has 418 valence electrons. The average molecular weight is 1060 g/mol. The molecule has 2 aromatic carbocycles. The van der Waals surface area contributed by atoms with E-state index in [1.54, 1.807) is 65.0 Å². The summed E-state index contributed by atoms with van der Waals surface area (Å²) in [6.45, 7) is 13.5. The van der Waals surface area contributed by atoms with Crippen LogP contribution >= 0.6 is 0 Å². The Labute approximate surface area is 444 Å². The van der Waals surface area contributed by atoms with Gasteiger partial charge in [0, 0.05) is 32.7 Å². The molecule has 2 aliphatic heterocycles. The van der Waals surface area contributed by atoms with E-state index in [2.05, 4.69) is 31.9 Å². The second-order valence-corrected chi connectivity index (χ2v) is 20.6. The van der Waals surface area contributed by atoms with E-state index in [4.69, 9.17) is 4.74 Å². The van der Waals surface area contributed by atoms with Crippen molar-refractivity contribution in [2.75, 3.05) is 7.05 Å². The molecule has 2 bridgehead atoms. The second kappa shape index (κ2) is 28.7. The Bertz CT molecular complexity index is 2370. The number of rotatable bonds is 19. The molecule has 2 fully saturated rings. The van der Waals surface area contributed by atoms with Gasteiger partial charge in [0.25, 0.3) is 0 Å². The van der Waals surface area contributed by atoms with E-state index >= 15 is 0 Å². The first kappa shape index (κ1) is 61.4. The molecule has 0 spiro atoms. The van der Waals surface area contributed by atoms with Gasteiger partial charge in [-0.2, -0.15) is 0 Å². The highest BCUT2D eigenvalue weighted by Crippen LogP contribution is 2.27. The number of aliphatic carboxylic acids is 1. The molecule has 22 nitrogen and oxygen atoms in total. The van der Waals surface area contributed by atoms with Gasteiger partial charge in [-0.1, -0.05) is 97.4 Å². The van der Waals surface area contributed by atoms with Gasteiger partial charge in [-0.15, -0.1) is 0 Å². The molecule has 0 aromatic heterocycles. The van der Waals surface area contributed by atoms with E-state index in [9.17, 15) is 63.3 Å². The van der Waals surface area contributed by atoms with E-state index in [0.717, 1.165) is 4.90 Å². The minimum Gasteiger partial charge on any atom is -0.508 e. The molecular formula is C54H78N8O14. The Morgan fingerprint density at radius 1 is 0.763 bits per heavy atom. The highest BCUT2D eigenvalue weighted by molar-refractivity contribution is 5.98. The normalized spacial score (nSPS) is 24.4. The van der Waals surface area contributed by atoms with Gasteiger partial charge in [-0.3, -0.25) is 38.4 Å². The molecule has 2 aliphatic rings. The third-order valence-electron chi connectivity index (χ3n) is 13.7. The maximum Gasteiger partial charge on any atom is 0.329 e. The summed E-state index contributed by atoms with van der Waals surface area (Å²) in [5.74, 6) is -10.3. The molecule has 76 heavy (non-hydrogen) atoms. The number of carboxylic acid groups (broad SMARTS) is 1. The van der Waals surface area contributed by atoms with Gasteiger partial charge in [0.15, 0.2) is 0 Å². The van der Waals surface area contributed by atoms with Gasteiger partial charge in [-0.05, 0) is 80.0 Å². The van der Waals surface area contributed by atoms with E-state index in [1.807, 2.05) is 13.8 Å². The summed E-state index contributed by atoms with van der Waals surface area (Å²) in [5, 5.41) is 47.3. The number of amides is 8. The molecule has 0 radical (unpaired) electrons. The molecule has 8 amide bonds. The van der Waals surface area contributed by atoms with Crippen molar-refractivity contribution in [3.8, 4) is 5.75 Å². The zero-order chi connectivity index (χ0) is 56.6. The summed E-state index contributed by atoms with van der Waals surface area (Å²) >= 11 is 0. The minimum absolute atomic E-state index is 0.0508. The number of phenolic OH excluding ortho intramolecular Hbond substituents is 1. The molecule has 9 N–H and O–H groups in total. The average Bonchev–Trinajstić information content (AvgIpc) is 3.36. The quantitative estimate of drug-likeness (QED) is 0.0903. The minimum atomic E-state index is -1.81. The fourth-order valence-corrected chi connectivity index (χ4v) is 9.19. The number of aliphatic hydroxyl groups excluding tert-OH is 1. The predicted octanol–water partition coefficient (Wildman–Crippen LogP) is 1.58. The van der Waals surface area contributed by atoms with Crippen LogP contribution in [0.2, 0.25) is 0 Å². The highest BCUT2D eigenvalue weighted by Gasteiger charge is 2.47. The molecular weight excluding hydrogens is 985 g/mol. The third-order valence-corrected chi connectivity index (χ3v) is 13.7. The molecule has 1 unspecified atom stereocenters. The SMILES string of the molecule is CCCC(=O)N[C@@H](CC(C)C)C(=O)N[C@@H](CCC(=O)NC1C(=O)N[C@@H](Cc2ccc(O)cc2)C(=O)N[C@H]2CC[C@@H](O)N(C2=O)[C@@H](C(C)C)C(=O)N(C)[C@@H](Cc2ccccc2)C(=O)N[C@@H]([C@@H](C)CC)C(=O)O[C@@H]1C)C(=O)O. The van der Waals surface area contributed by atoms with E-state index in [1.165, 1.54) is 43.1 Å². The Hall–Kier alpha value is -7.10. The van der Waals surface area contributed by atoms with Crippen LogP contribution in [0.1, 0.15) is 118 Å². The van der Waals surface area contributed by atoms with Gasteiger partial charge < -0.3 is 61.8 Å². The number of hydrogen-bond donors (Lipinski definition) is 9. The number of aromatic hydroxyl groups is 1. The number of carbonyl (C=O) groups excluding carboxylic acids is 9. The number of likely N-dealkylation sites (N-methyl/N-ethyl adjacent to an activating group) is 1. The first-order valence-electron chi connectivity index (χ1n) is 26.2. The highest BCUT2D eigenvalue weighted by atomic mass is 16.5. The summed E-state index contributed by atoms with van der Waals surface area (Å²) in [6, 6.07) is 3.00. The number of hydrogen-bond acceptors (Lipinski definition) is 13. The number of benzene rings is 2. The standard InChI is InChI=1S/C54H78N8O14/c1-10-15-41(64)55-38(26-29(3)4)47(67)57-37(53(73)74)22-24-42(65)59-45-32(8)76-54(75)44(31(7)11-2)60-49(69)40(28-33-16-13-12-14-17-33)61(9)52(72)46(30(5)6)62-43(66)25-23-36(51(62)71)56-48(68)39(58-50(45)70)27-34-18-20-35(63)21-19-34/h12-14,16-21,29-32,36-40,43-46,63,66H,10-11,15,22-28H2,1-9H3,(H,55,64)(H,56,68)(H,57,67)(H,58,70)(H,59,65)(H,60,69)(H,73,74)/t31-,32+,36-,37-,38-,39-,40-,43+,44-,45?,46-/m0/s1. The van der Waals surface area contributed by atoms with Crippen LogP contribution in [0.4, 0.5) is 0 Å². The van der Waals surface area contributed by atoms with Crippen LogP contribution in [0, 0.1) is 17.8 Å². The molecule has 2 heterocycles. The van der Waals surface area contributed by atoms with Crippen LogP contribution in [0.5, 0.6) is 5.75 Å². The lowest BCUT2D eigenvalue weighted by molar-refractivity contribution is -0.167. The van der Waals surface area contributed by atoms with Crippen molar-refractivity contribution in [2.24, 2.45) is 17.8 Å². The van der Waals surface area contributed by atoms with Crippen molar-refractivity contribution >= 4 is 59.2 Å². The number of phenols is 1. The Kier molecular flexibility index (Phi) is 23.2. The van der Waals surface area contributed by atoms with Gasteiger partial charge in [0.2, 0.25) is 47.3 Å². The number of carboxylic acids is 1. The lowest BCUT2D eigenvalue weighted by atomic mass is 9.93. The van der Waals surface area contributed by atoms with Crippen molar-refractivity contribution in [3.05, 3.63) is 65.7 Å². The summed E-state index contributed by atoms with van der Waals surface area (Å²) in [5.41, 5.74) is 1.07. The van der Waals surface area contributed by atoms with E-state index in [-0.39, 0.29) is 50.2 Å². The zero-order valence-electron chi connectivity index (χ0n) is 45.0. The fraction of sp³-hybridized carbons (Fsp3) is 0.593. The molecule has 2 aromatic rings. The molecule has 2 saturated heterocycles. The zero-order valence-corrected chi connectivity index (χ0v) is 45.0. The van der Waals surface area contributed by atoms with Crippen LogP contribution in [0.3, 0.4) is 0 Å². The predicted molar refractivity (Wildman–Crippen MR) is 277 cm³/mol. The summed E-state index contributed by atoms with van der Waals surface area (Å²) in [6.07, 6.45) is -3.47.